The minimum Gasteiger partial charge on any atom is -0.394 e. The van der Waals surface area contributed by atoms with Crippen LogP contribution in [-0.4, -0.2) is 40.2 Å². The van der Waals surface area contributed by atoms with Crippen LogP contribution in [0.3, 0.4) is 0 Å². The molecular formula is C21H18F2N2O4S. The zero-order chi connectivity index (χ0) is 21.1. The molecule has 6 nitrogen and oxygen atoms in total. The predicted molar refractivity (Wildman–Crippen MR) is 105 cm³/mol. The molecule has 0 radical (unpaired) electrons. The van der Waals surface area contributed by atoms with Crippen molar-refractivity contribution in [3.63, 3.8) is 0 Å². The van der Waals surface area contributed by atoms with Crippen LogP contribution in [0.15, 0.2) is 42.0 Å². The van der Waals surface area contributed by atoms with Crippen LogP contribution in [-0.2, 0) is 15.9 Å². The van der Waals surface area contributed by atoms with Crippen LogP contribution in [0, 0.1) is 11.6 Å². The van der Waals surface area contributed by atoms with Gasteiger partial charge in [0.2, 0.25) is 0 Å². The summed E-state index contributed by atoms with van der Waals surface area (Å²) >= 11 is 1.00. The number of aliphatic hydroxyl groups excluding tert-OH is 1. The molecule has 4 rings (SSSR count). The van der Waals surface area contributed by atoms with Crippen molar-refractivity contribution in [2.24, 2.45) is 0 Å². The van der Waals surface area contributed by atoms with Crippen LogP contribution in [0.1, 0.15) is 34.3 Å². The molecule has 9 heteroatoms. The van der Waals surface area contributed by atoms with Gasteiger partial charge in [-0.2, -0.15) is 0 Å². The highest BCUT2D eigenvalue weighted by Gasteiger charge is 2.27. The van der Waals surface area contributed by atoms with Crippen LogP contribution in [0.25, 0.3) is 10.6 Å². The minimum atomic E-state index is -0.733. The molecule has 1 aliphatic heterocycles. The molecule has 0 amide bonds. The molecule has 1 saturated heterocycles. The molecule has 0 saturated carbocycles. The number of Topliss-reactive ketones (excluding diaryl/α,β-unsaturated/α-hetero) is 1. The first-order chi connectivity index (χ1) is 14.6. The molecule has 3 aromatic rings. The number of thiazole rings is 1. The quantitative estimate of drug-likeness (QED) is 0.598. The lowest BCUT2D eigenvalue weighted by Crippen LogP contribution is -2.30. The summed E-state index contributed by atoms with van der Waals surface area (Å²) in [7, 11) is 0. The lowest BCUT2D eigenvalue weighted by atomic mass is 10.0. The molecule has 1 fully saturated rings. The number of nitrogens with zero attached hydrogens (tertiary/aromatic N) is 2. The summed E-state index contributed by atoms with van der Waals surface area (Å²) in [5.41, 5.74) is 1.11. The number of rotatable bonds is 6. The van der Waals surface area contributed by atoms with Gasteiger partial charge in [0, 0.05) is 29.8 Å². The van der Waals surface area contributed by atoms with Gasteiger partial charge in [-0.15, -0.1) is 11.3 Å². The maximum Gasteiger partial charge on any atom is 0.186 e. The van der Waals surface area contributed by atoms with E-state index in [2.05, 4.69) is 9.97 Å². The molecule has 0 aliphatic carbocycles. The van der Waals surface area contributed by atoms with E-state index >= 15 is 0 Å². The number of hydrogen-bond donors (Lipinski definition) is 1. The Bertz CT molecular complexity index is 1040. The monoisotopic (exact) mass is 432 g/mol. The van der Waals surface area contributed by atoms with Crippen molar-refractivity contribution in [2.75, 3.05) is 13.2 Å². The fraction of sp³-hybridized carbons (Fsp3) is 0.286. The van der Waals surface area contributed by atoms with Crippen molar-refractivity contribution < 1.29 is 28.2 Å². The number of aliphatic hydroxyl groups is 1. The van der Waals surface area contributed by atoms with E-state index in [9.17, 15) is 18.7 Å². The molecule has 0 unspecified atom stereocenters. The van der Waals surface area contributed by atoms with E-state index in [1.165, 1.54) is 11.4 Å². The van der Waals surface area contributed by atoms with E-state index in [-0.39, 0.29) is 41.2 Å². The van der Waals surface area contributed by atoms with Crippen molar-refractivity contribution in [1.82, 2.24) is 9.97 Å². The molecule has 2 atom stereocenters. The number of benzene rings is 1. The van der Waals surface area contributed by atoms with E-state index in [0.29, 0.717) is 24.2 Å². The summed E-state index contributed by atoms with van der Waals surface area (Å²) in [6, 6.07) is 5.27. The lowest BCUT2D eigenvalue weighted by molar-refractivity contribution is -0.224. The molecular weight excluding hydrogens is 414 g/mol. The van der Waals surface area contributed by atoms with Gasteiger partial charge in [0.15, 0.2) is 12.1 Å². The fourth-order valence-corrected chi connectivity index (χ4v) is 4.06. The number of pyridine rings is 1. The Balaban J connectivity index is 1.55. The van der Waals surface area contributed by atoms with Gasteiger partial charge in [-0.25, -0.2) is 13.8 Å². The van der Waals surface area contributed by atoms with Crippen molar-refractivity contribution in [3.05, 3.63) is 70.5 Å². The van der Waals surface area contributed by atoms with Gasteiger partial charge in [0.05, 0.1) is 24.9 Å². The molecule has 0 bridgehead atoms. The average molecular weight is 432 g/mol. The van der Waals surface area contributed by atoms with Gasteiger partial charge in [0.25, 0.3) is 0 Å². The van der Waals surface area contributed by atoms with Gasteiger partial charge in [-0.05, 0) is 30.2 Å². The summed E-state index contributed by atoms with van der Waals surface area (Å²) in [4.78, 5) is 21.0. The van der Waals surface area contributed by atoms with Gasteiger partial charge in [-0.3, -0.25) is 9.78 Å². The summed E-state index contributed by atoms with van der Waals surface area (Å²) in [5, 5.41) is 10.9. The predicted octanol–water partition coefficient (Wildman–Crippen LogP) is 3.71. The average Bonchev–Trinajstić information content (AvgIpc) is 3.24. The van der Waals surface area contributed by atoms with Crippen molar-refractivity contribution >= 4 is 17.1 Å². The highest BCUT2D eigenvalue weighted by molar-refractivity contribution is 7.13. The Kier molecular flexibility index (Phi) is 6.24. The van der Waals surface area contributed by atoms with Gasteiger partial charge >= 0.3 is 0 Å². The van der Waals surface area contributed by atoms with Gasteiger partial charge < -0.3 is 14.6 Å². The third-order valence-corrected chi connectivity index (χ3v) is 5.60. The molecule has 3 heterocycles. The third kappa shape index (κ3) is 4.29. The number of ketones is 1. The van der Waals surface area contributed by atoms with E-state index in [1.54, 1.807) is 18.5 Å². The molecule has 156 valence electrons. The van der Waals surface area contributed by atoms with Crippen LogP contribution >= 0.6 is 11.3 Å². The Hall–Kier alpha value is -2.59. The number of ether oxygens (including phenoxy) is 2. The minimum absolute atomic E-state index is 0.0287. The molecule has 1 aliphatic rings. The van der Waals surface area contributed by atoms with Crippen LogP contribution in [0.5, 0.6) is 0 Å². The summed E-state index contributed by atoms with van der Waals surface area (Å²) in [6.07, 6.45) is 2.63. The second-order valence-electron chi connectivity index (χ2n) is 6.74. The fourth-order valence-electron chi connectivity index (χ4n) is 3.18. The van der Waals surface area contributed by atoms with Gasteiger partial charge in [-0.1, -0.05) is 6.07 Å². The van der Waals surface area contributed by atoms with Crippen LogP contribution < -0.4 is 0 Å². The first kappa shape index (κ1) is 20.7. The molecule has 1 aromatic carbocycles. The summed E-state index contributed by atoms with van der Waals surface area (Å²) in [5.74, 6) is -1.79. The Morgan fingerprint density at radius 3 is 2.83 bits per heavy atom. The number of aromatic nitrogens is 2. The number of carbonyl (C=O) groups is 1. The maximum atomic E-state index is 14.0. The molecule has 30 heavy (non-hydrogen) atoms. The lowest BCUT2D eigenvalue weighted by Gasteiger charge is -2.30. The zero-order valence-corrected chi connectivity index (χ0v) is 16.6. The van der Waals surface area contributed by atoms with E-state index in [0.717, 1.165) is 23.5 Å². The van der Waals surface area contributed by atoms with E-state index in [1.807, 2.05) is 0 Å². The topological polar surface area (TPSA) is 81.5 Å². The normalized spacial score (nSPS) is 19.0. The Labute approximate surface area is 175 Å². The maximum absolute atomic E-state index is 14.0. The molecule has 1 N–H and O–H groups in total. The summed E-state index contributed by atoms with van der Waals surface area (Å²) < 4.78 is 39.4. The second kappa shape index (κ2) is 9.05. The highest BCUT2D eigenvalue weighted by Crippen LogP contribution is 2.31. The summed E-state index contributed by atoms with van der Waals surface area (Å²) in [6.45, 7) is 0.308. The Morgan fingerprint density at radius 1 is 1.27 bits per heavy atom. The van der Waals surface area contributed by atoms with Crippen molar-refractivity contribution in [2.45, 2.75) is 25.2 Å². The number of hydrogen-bond acceptors (Lipinski definition) is 7. The smallest absolute Gasteiger partial charge is 0.186 e. The highest BCUT2D eigenvalue weighted by atomic mass is 32.1. The third-order valence-electron chi connectivity index (χ3n) is 4.74. The van der Waals surface area contributed by atoms with Crippen LogP contribution in [0.4, 0.5) is 8.78 Å². The van der Waals surface area contributed by atoms with E-state index in [4.69, 9.17) is 9.47 Å². The molecule has 0 spiro atoms. The Morgan fingerprint density at radius 2 is 2.07 bits per heavy atom. The number of halogens is 2. The van der Waals surface area contributed by atoms with Gasteiger partial charge in [0.1, 0.15) is 22.3 Å². The van der Waals surface area contributed by atoms with Crippen LogP contribution in [0.2, 0.25) is 0 Å². The first-order valence-electron chi connectivity index (χ1n) is 9.30. The zero-order valence-electron chi connectivity index (χ0n) is 15.8. The largest absolute Gasteiger partial charge is 0.394 e. The second-order valence-corrected chi connectivity index (χ2v) is 7.60. The number of carbonyl (C=O) groups excluding carboxylic acids is 1. The van der Waals surface area contributed by atoms with E-state index < -0.39 is 17.9 Å². The van der Waals surface area contributed by atoms with Crippen molar-refractivity contribution in [3.8, 4) is 10.6 Å². The molecule has 2 aromatic heterocycles. The first-order valence-corrected chi connectivity index (χ1v) is 10.2. The standard InChI is InChI=1S/C21H18F2N2O4S/c22-15-2-1-3-16(23)19(15)20-25-17(11-30-20)18(27)8-12-9-24-6-4-14(12)21-28-7-5-13(10-26)29-21/h1-4,6,9,11,13,21,26H,5,7-8,10H2/t13-,21-/m1/s1. The SMILES string of the molecule is O=C(Cc1cnccc1[C@@H]1OCC[C@H](CO)O1)c1csc(-c2c(F)cccc2F)n1. The van der Waals surface area contributed by atoms with Crippen molar-refractivity contribution in [1.29, 1.82) is 0 Å².